The number of hydrogen-bond acceptors (Lipinski definition) is 3. The molecule has 3 rings (SSSR count). The van der Waals surface area contributed by atoms with Gasteiger partial charge >= 0.3 is 0 Å². The number of nitrogens with zero attached hydrogens (tertiary/aromatic N) is 1. The minimum absolute atomic E-state index is 0.0946. The second kappa shape index (κ2) is 9.04. The van der Waals surface area contributed by atoms with E-state index in [1.807, 2.05) is 67.6 Å². The first-order valence-corrected chi connectivity index (χ1v) is 9.24. The van der Waals surface area contributed by atoms with Crippen LogP contribution in [0.4, 0.5) is 5.69 Å². The molecule has 0 saturated heterocycles. The van der Waals surface area contributed by atoms with Crippen LogP contribution in [0.3, 0.4) is 0 Å². The molecule has 1 atom stereocenters. The Bertz CT molecular complexity index is 903. The van der Waals surface area contributed by atoms with Crippen molar-refractivity contribution in [2.75, 3.05) is 4.90 Å². The van der Waals surface area contributed by atoms with Gasteiger partial charge in [0, 0.05) is 12.6 Å². The van der Waals surface area contributed by atoms with Gasteiger partial charge in [0.05, 0.1) is 25.3 Å². The third-order valence-electron chi connectivity index (χ3n) is 4.50. The maximum absolute atomic E-state index is 13.3. The molecule has 3 aromatic rings. The second-order valence-electron chi connectivity index (χ2n) is 6.76. The number of rotatable bonds is 7. The Morgan fingerprint density at radius 3 is 2.32 bits per heavy atom. The zero-order valence-electron chi connectivity index (χ0n) is 16.1. The molecule has 0 saturated carbocycles. The molecule has 1 unspecified atom stereocenters. The quantitative estimate of drug-likeness (QED) is 0.665. The first-order valence-electron chi connectivity index (χ1n) is 9.24. The first-order chi connectivity index (χ1) is 13.5. The normalized spacial score (nSPS) is 11.6. The summed E-state index contributed by atoms with van der Waals surface area (Å²) in [7, 11) is 0. The summed E-state index contributed by atoms with van der Waals surface area (Å²) in [5, 5.41) is 2.89. The van der Waals surface area contributed by atoms with E-state index in [1.165, 1.54) is 6.92 Å². The number of hydrogen-bond donors (Lipinski definition) is 1. The standard InChI is InChI=1S/C23H24N2O3/c1-17-10-12-20(13-11-17)25(16-21-9-6-14-28-21)23(27)15-22(24-18(2)26)19-7-4-3-5-8-19/h3-14,22H,15-16H2,1-2H3,(H,24,26). The van der Waals surface area contributed by atoms with Crippen molar-refractivity contribution in [1.82, 2.24) is 5.32 Å². The predicted molar refractivity (Wildman–Crippen MR) is 109 cm³/mol. The Morgan fingerprint density at radius 2 is 1.71 bits per heavy atom. The van der Waals surface area contributed by atoms with E-state index < -0.39 is 6.04 Å². The van der Waals surface area contributed by atoms with E-state index in [0.29, 0.717) is 12.3 Å². The smallest absolute Gasteiger partial charge is 0.229 e. The molecule has 0 fully saturated rings. The number of nitrogens with one attached hydrogen (secondary N) is 1. The summed E-state index contributed by atoms with van der Waals surface area (Å²) in [6, 6.07) is 20.6. The molecule has 2 amide bonds. The average Bonchev–Trinajstić information content (AvgIpc) is 3.20. The van der Waals surface area contributed by atoms with Crippen LogP contribution in [-0.2, 0) is 16.1 Å². The lowest BCUT2D eigenvalue weighted by atomic mass is 10.0. The fraction of sp³-hybridized carbons (Fsp3) is 0.217. The number of benzene rings is 2. The van der Waals surface area contributed by atoms with Crippen LogP contribution in [0, 0.1) is 6.92 Å². The lowest BCUT2D eigenvalue weighted by Crippen LogP contribution is -2.35. The van der Waals surface area contributed by atoms with Gasteiger partial charge in [0.2, 0.25) is 11.8 Å². The van der Waals surface area contributed by atoms with Crippen molar-refractivity contribution >= 4 is 17.5 Å². The van der Waals surface area contributed by atoms with Crippen LogP contribution < -0.4 is 10.2 Å². The van der Waals surface area contributed by atoms with Crippen molar-refractivity contribution < 1.29 is 14.0 Å². The molecule has 0 aliphatic carbocycles. The van der Waals surface area contributed by atoms with E-state index >= 15 is 0 Å². The number of amides is 2. The maximum Gasteiger partial charge on any atom is 0.229 e. The highest BCUT2D eigenvalue weighted by Gasteiger charge is 2.23. The molecule has 0 aliphatic heterocycles. The summed E-state index contributed by atoms with van der Waals surface area (Å²) in [6.07, 6.45) is 1.75. The van der Waals surface area contributed by atoms with E-state index in [2.05, 4.69) is 5.32 Å². The number of carbonyl (C=O) groups is 2. The molecule has 0 spiro atoms. The molecule has 28 heavy (non-hydrogen) atoms. The Hall–Kier alpha value is -3.34. The lowest BCUT2D eigenvalue weighted by molar-refractivity contribution is -0.121. The van der Waals surface area contributed by atoms with Gasteiger partial charge in [0.1, 0.15) is 5.76 Å². The van der Waals surface area contributed by atoms with Crippen LogP contribution in [0.2, 0.25) is 0 Å². The van der Waals surface area contributed by atoms with Crippen LogP contribution in [0.5, 0.6) is 0 Å². The first kappa shape index (κ1) is 19.4. The van der Waals surface area contributed by atoms with Crippen LogP contribution in [0.15, 0.2) is 77.4 Å². The maximum atomic E-state index is 13.3. The van der Waals surface area contributed by atoms with Crippen LogP contribution in [0.25, 0.3) is 0 Å². The van der Waals surface area contributed by atoms with Gasteiger partial charge in [0.25, 0.3) is 0 Å². The Morgan fingerprint density at radius 1 is 1.00 bits per heavy atom. The van der Waals surface area contributed by atoms with E-state index in [1.54, 1.807) is 17.2 Å². The second-order valence-corrected chi connectivity index (χ2v) is 6.76. The van der Waals surface area contributed by atoms with Crippen molar-refractivity contribution in [3.8, 4) is 0 Å². The third-order valence-corrected chi connectivity index (χ3v) is 4.50. The SMILES string of the molecule is CC(=O)NC(CC(=O)N(Cc1ccco1)c1ccc(C)cc1)c1ccccc1. The van der Waals surface area contributed by atoms with Crippen LogP contribution in [0.1, 0.15) is 36.3 Å². The topological polar surface area (TPSA) is 62.6 Å². The number of anilines is 1. The zero-order valence-corrected chi connectivity index (χ0v) is 16.1. The Labute approximate surface area is 165 Å². The monoisotopic (exact) mass is 376 g/mol. The van der Waals surface area contributed by atoms with E-state index in [9.17, 15) is 9.59 Å². The molecular formula is C23H24N2O3. The third kappa shape index (κ3) is 5.10. The van der Waals surface area contributed by atoms with Crippen molar-refractivity contribution in [1.29, 1.82) is 0 Å². The van der Waals surface area contributed by atoms with Crippen molar-refractivity contribution in [2.45, 2.75) is 32.9 Å². The number of furan rings is 1. The summed E-state index contributed by atoms with van der Waals surface area (Å²) >= 11 is 0. The van der Waals surface area contributed by atoms with E-state index in [4.69, 9.17) is 4.42 Å². The molecule has 1 heterocycles. The van der Waals surface area contributed by atoms with Gasteiger partial charge in [-0.25, -0.2) is 0 Å². The summed E-state index contributed by atoms with van der Waals surface area (Å²) in [5.74, 6) is 0.433. The van der Waals surface area contributed by atoms with Crippen LogP contribution >= 0.6 is 0 Å². The molecule has 144 valence electrons. The lowest BCUT2D eigenvalue weighted by Gasteiger charge is -2.25. The van der Waals surface area contributed by atoms with Crippen LogP contribution in [-0.4, -0.2) is 11.8 Å². The van der Waals surface area contributed by atoms with Gasteiger partial charge in [-0.05, 0) is 36.8 Å². The molecule has 0 aliphatic rings. The van der Waals surface area contributed by atoms with Gasteiger partial charge in [-0.1, -0.05) is 48.0 Å². The summed E-state index contributed by atoms with van der Waals surface area (Å²) < 4.78 is 5.45. The Balaban J connectivity index is 1.86. The van der Waals surface area contributed by atoms with Crippen molar-refractivity contribution in [3.05, 3.63) is 89.9 Å². The summed E-state index contributed by atoms with van der Waals surface area (Å²) in [6.45, 7) is 3.79. The fourth-order valence-corrected chi connectivity index (χ4v) is 3.07. The largest absolute Gasteiger partial charge is 0.467 e. The van der Waals surface area contributed by atoms with Crippen molar-refractivity contribution in [3.63, 3.8) is 0 Å². The minimum atomic E-state index is -0.393. The fourth-order valence-electron chi connectivity index (χ4n) is 3.07. The predicted octanol–water partition coefficient (Wildman–Crippen LogP) is 4.39. The molecule has 2 aromatic carbocycles. The summed E-state index contributed by atoms with van der Waals surface area (Å²) in [4.78, 5) is 26.6. The van der Waals surface area contributed by atoms with Gasteiger partial charge in [-0.3, -0.25) is 9.59 Å². The molecule has 5 heteroatoms. The Kier molecular flexibility index (Phi) is 6.27. The molecule has 1 aromatic heterocycles. The summed E-state index contributed by atoms with van der Waals surface area (Å²) in [5.41, 5.74) is 2.81. The molecular weight excluding hydrogens is 352 g/mol. The van der Waals surface area contributed by atoms with E-state index in [0.717, 1.165) is 16.8 Å². The van der Waals surface area contributed by atoms with Crippen molar-refractivity contribution in [2.24, 2.45) is 0 Å². The van der Waals surface area contributed by atoms with Gasteiger partial charge in [-0.2, -0.15) is 0 Å². The van der Waals surface area contributed by atoms with Gasteiger partial charge in [-0.15, -0.1) is 0 Å². The highest BCUT2D eigenvalue weighted by Crippen LogP contribution is 2.23. The highest BCUT2D eigenvalue weighted by molar-refractivity contribution is 5.94. The van der Waals surface area contributed by atoms with Gasteiger partial charge < -0.3 is 14.6 Å². The van der Waals surface area contributed by atoms with E-state index in [-0.39, 0.29) is 18.2 Å². The average molecular weight is 376 g/mol. The molecule has 0 radical (unpaired) electrons. The molecule has 0 bridgehead atoms. The molecule has 5 nitrogen and oxygen atoms in total. The minimum Gasteiger partial charge on any atom is -0.467 e. The molecule has 1 N–H and O–H groups in total. The van der Waals surface area contributed by atoms with Gasteiger partial charge in [0.15, 0.2) is 0 Å². The zero-order chi connectivity index (χ0) is 19.9. The highest BCUT2D eigenvalue weighted by atomic mass is 16.3. The number of aryl methyl sites for hydroxylation is 1. The number of carbonyl (C=O) groups excluding carboxylic acids is 2.